The number of thiophene rings is 1. The van der Waals surface area contributed by atoms with Gasteiger partial charge in [0, 0.05) is 29.6 Å². The summed E-state index contributed by atoms with van der Waals surface area (Å²) in [5.74, 6) is -0.00231. The second-order valence-electron chi connectivity index (χ2n) is 4.63. The molecule has 0 aliphatic heterocycles. The van der Waals surface area contributed by atoms with Gasteiger partial charge < -0.3 is 10.6 Å². The number of rotatable bonds is 5. The molecule has 2 unspecified atom stereocenters. The molecular formula is C13H20N2OS2. The summed E-state index contributed by atoms with van der Waals surface area (Å²) in [6, 6.07) is 2.59. The Bertz CT molecular complexity index is 405. The normalized spacial score (nSPS) is 23.2. The molecule has 1 aliphatic rings. The summed E-state index contributed by atoms with van der Waals surface area (Å²) in [4.78, 5) is 12.3. The molecule has 1 aromatic heterocycles. The number of thioether (sulfide) groups is 1. The van der Waals surface area contributed by atoms with Crippen molar-refractivity contribution in [3.05, 3.63) is 16.3 Å². The fourth-order valence-electron chi connectivity index (χ4n) is 2.44. The van der Waals surface area contributed by atoms with E-state index in [-0.39, 0.29) is 5.91 Å². The summed E-state index contributed by atoms with van der Waals surface area (Å²) in [5, 5.41) is 9.29. The molecule has 18 heavy (non-hydrogen) atoms. The summed E-state index contributed by atoms with van der Waals surface area (Å²) in [6.45, 7) is 2.41. The minimum absolute atomic E-state index is 0.00231. The van der Waals surface area contributed by atoms with Gasteiger partial charge in [0.15, 0.2) is 0 Å². The Kier molecular flexibility index (Phi) is 5.09. The number of anilines is 1. The van der Waals surface area contributed by atoms with Gasteiger partial charge in [0.05, 0.1) is 5.69 Å². The van der Waals surface area contributed by atoms with Gasteiger partial charge in [-0.2, -0.15) is 11.8 Å². The van der Waals surface area contributed by atoms with Crippen LogP contribution >= 0.6 is 23.1 Å². The van der Waals surface area contributed by atoms with Crippen LogP contribution in [-0.4, -0.2) is 23.5 Å². The van der Waals surface area contributed by atoms with Crippen LogP contribution in [0.3, 0.4) is 0 Å². The first-order valence-electron chi connectivity index (χ1n) is 6.31. The number of carbonyl (C=O) groups excluding carboxylic acids is 1. The van der Waals surface area contributed by atoms with Crippen molar-refractivity contribution in [2.45, 2.75) is 44.0 Å². The molecular weight excluding hydrogens is 264 g/mol. The second kappa shape index (κ2) is 6.59. The number of carbonyl (C=O) groups is 1. The van der Waals surface area contributed by atoms with Gasteiger partial charge in [-0.15, -0.1) is 11.3 Å². The molecule has 0 saturated heterocycles. The molecule has 1 amide bonds. The highest BCUT2D eigenvalue weighted by Crippen LogP contribution is 2.29. The van der Waals surface area contributed by atoms with E-state index in [1.54, 1.807) is 18.3 Å². The zero-order valence-electron chi connectivity index (χ0n) is 10.9. The lowest BCUT2D eigenvalue weighted by Gasteiger charge is -2.19. The SMILES string of the molecule is CSC1CCCC1NCc1sccc1NC(C)=O. The van der Waals surface area contributed by atoms with Crippen molar-refractivity contribution < 1.29 is 4.79 Å². The molecule has 1 heterocycles. The quantitative estimate of drug-likeness (QED) is 0.873. The van der Waals surface area contributed by atoms with Crippen molar-refractivity contribution in [2.24, 2.45) is 0 Å². The molecule has 5 heteroatoms. The lowest BCUT2D eigenvalue weighted by Crippen LogP contribution is -2.33. The van der Waals surface area contributed by atoms with Crippen LogP contribution in [0.2, 0.25) is 0 Å². The van der Waals surface area contributed by atoms with Crippen LogP contribution in [0.4, 0.5) is 5.69 Å². The minimum atomic E-state index is -0.00231. The van der Waals surface area contributed by atoms with Crippen molar-refractivity contribution in [3.63, 3.8) is 0 Å². The van der Waals surface area contributed by atoms with Gasteiger partial charge in [-0.05, 0) is 30.5 Å². The average molecular weight is 284 g/mol. The first kappa shape index (κ1) is 13.9. The van der Waals surface area contributed by atoms with Gasteiger partial charge in [-0.25, -0.2) is 0 Å². The molecule has 0 aromatic carbocycles. The lowest BCUT2D eigenvalue weighted by molar-refractivity contribution is -0.114. The molecule has 2 rings (SSSR count). The van der Waals surface area contributed by atoms with Crippen molar-refractivity contribution in [1.82, 2.24) is 5.32 Å². The Morgan fingerprint density at radius 2 is 2.39 bits per heavy atom. The van der Waals surface area contributed by atoms with E-state index < -0.39 is 0 Å². The van der Waals surface area contributed by atoms with Crippen molar-refractivity contribution in [2.75, 3.05) is 11.6 Å². The Morgan fingerprint density at radius 1 is 1.56 bits per heavy atom. The molecule has 100 valence electrons. The van der Waals surface area contributed by atoms with Gasteiger partial charge >= 0.3 is 0 Å². The van der Waals surface area contributed by atoms with E-state index in [1.807, 2.05) is 23.2 Å². The summed E-state index contributed by atoms with van der Waals surface area (Å²) in [6.07, 6.45) is 6.11. The third-order valence-electron chi connectivity index (χ3n) is 3.34. The summed E-state index contributed by atoms with van der Waals surface area (Å²) >= 11 is 3.66. The van der Waals surface area contributed by atoms with Gasteiger partial charge in [0.2, 0.25) is 5.91 Å². The number of amides is 1. The Labute approximate surface area is 117 Å². The second-order valence-corrected chi connectivity index (χ2v) is 6.71. The average Bonchev–Trinajstić information content (AvgIpc) is 2.94. The van der Waals surface area contributed by atoms with Gasteiger partial charge in [0.25, 0.3) is 0 Å². The highest BCUT2D eigenvalue weighted by molar-refractivity contribution is 7.99. The molecule has 1 aliphatic carbocycles. The molecule has 0 radical (unpaired) electrons. The highest BCUT2D eigenvalue weighted by atomic mass is 32.2. The Balaban J connectivity index is 1.90. The fraction of sp³-hybridized carbons (Fsp3) is 0.615. The van der Waals surface area contributed by atoms with Crippen molar-refractivity contribution in [1.29, 1.82) is 0 Å². The van der Waals surface area contributed by atoms with Crippen molar-refractivity contribution >= 4 is 34.7 Å². The van der Waals surface area contributed by atoms with E-state index in [0.717, 1.165) is 17.5 Å². The van der Waals surface area contributed by atoms with Crippen LogP contribution in [0.25, 0.3) is 0 Å². The standard InChI is InChI=1S/C13H20N2OS2/c1-9(16)15-11-6-7-18-13(11)8-14-10-4-3-5-12(10)17-2/h6-7,10,12,14H,3-5,8H2,1-2H3,(H,15,16). The lowest BCUT2D eigenvalue weighted by atomic mass is 10.2. The predicted octanol–water partition coefficient (Wildman–Crippen LogP) is 3.08. The summed E-state index contributed by atoms with van der Waals surface area (Å²) in [5.41, 5.74) is 0.957. The van der Waals surface area contributed by atoms with Crippen molar-refractivity contribution in [3.8, 4) is 0 Å². The first-order chi connectivity index (χ1) is 8.70. The maximum Gasteiger partial charge on any atom is 0.221 e. The van der Waals surface area contributed by atoms with Gasteiger partial charge in [0.1, 0.15) is 0 Å². The number of nitrogens with one attached hydrogen (secondary N) is 2. The highest BCUT2D eigenvalue weighted by Gasteiger charge is 2.26. The Hall–Kier alpha value is -0.520. The predicted molar refractivity (Wildman–Crippen MR) is 80.4 cm³/mol. The van der Waals surface area contributed by atoms with Crippen LogP contribution in [-0.2, 0) is 11.3 Å². The molecule has 2 atom stereocenters. The molecule has 0 bridgehead atoms. The third kappa shape index (κ3) is 3.49. The molecule has 2 N–H and O–H groups in total. The van der Waals surface area contributed by atoms with E-state index in [1.165, 1.54) is 24.1 Å². The largest absolute Gasteiger partial charge is 0.325 e. The van der Waals surface area contributed by atoms with Gasteiger partial charge in [-0.1, -0.05) is 6.42 Å². The first-order valence-corrected chi connectivity index (χ1v) is 8.47. The maximum absolute atomic E-state index is 11.1. The zero-order chi connectivity index (χ0) is 13.0. The van der Waals surface area contributed by atoms with E-state index in [9.17, 15) is 4.79 Å². The minimum Gasteiger partial charge on any atom is -0.325 e. The van der Waals surface area contributed by atoms with E-state index >= 15 is 0 Å². The van der Waals surface area contributed by atoms with E-state index in [0.29, 0.717) is 6.04 Å². The monoisotopic (exact) mass is 284 g/mol. The molecule has 1 fully saturated rings. The van der Waals surface area contributed by atoms with Crippen LogP contribution in [0.5, 0.6) is 0 Å². The molecule has 1 aromatic rings. The van der Waals surface area contributed by atoms with E-state index in [4.69, 9.17) is 0 Å². The fourth-order valence-corrected chi connectivity index (χ4v) is 4.19. The summed E-state index contributed by atoms with van der Waals surface area (Å²) < 4.78 is 0. The van der Waals surface area contributed by atoms with E-state index in [2.05, 4.69) is 16.9 Å². The number of hydrogen-bond donors (Lipinski definition) is 2. The topological polar surface area (TPSA) is 41.1 Å². The van der Waals surface area contributed by atoms with Gasteiger partial charge in [-0.3, -0.25) is 4.79 Å². The Morgan fingerprint density at radius 3 is 3.11 bits per heavy atom. The number of hydrogen-bond acceptors (Lipinski definition) is 4. The zero-order valence-corrected chi connectivity index (χ0v) is 12.5. The maximum atomic E-state index is 11.1. The molecule has 0 spiro atoms. The van der Waals surface area contributed by atoms with Crippen LogP contribution < -0.4 is 10.6 Å². The third-order valence-corrected chi connectivity index (χ3v) is 5.43. The van der Waals surface area contributed by atoms with Crippen LogP contribution in [0, 0.1) is 0 Å². The van der Waals surface area contributed by atoms with Crippen LogP contribution in [0.1, 0.15) is 31.1 Å². The molecule has 3 nitrogen and oxygen atoms in total. The van der Waals surface area contributed by atoms with Crippen LogP contribution in [0.15, 0.2) is 11.4 Å². The molecule has 1 saturated carbocycles. The summed E-state index contributed by atoms with van der Waals surface area (Å²) in [7, 11) is 0. The smallest absolute Gasteiger partial charge is 0.221 e.